The van der Waals surface area contributed by atoms with E-state index in [0.29, 0.717) is 18.6 Å². The van der Waals surface area contributed by atoms with Gasteiger partial charge >= 0.3 is 0 Å². The molecule has 2 rings (SSSR count). The summed E-state index contributed by atoms with van der Waals surface area (Å²) in [4.78, 5) is 14.1. The third kappa shape index (κ3) is 2.29. The van der Waals surface area contributed by atoms with E-state index in [1.807, 2.05) is 0 Å². The smallest absolute Gasteiger partial charge is 0.136 e. The normalized spacial score (nSPS) is 19.2. The lowest BCUT2D eigenvalue weighted by molar-refractivity contribution is -0.121. The first kappa shape index (κ1) is 13.1. The highest BCUT2D eigenvalue weighted by Gasteiger charge is 2.35. The molecule has 2 heteroatoms. The fourth-order valence-electron chi connectivity index (χ4n) is 3.22. The minimum Gasteiger partial charge on any atom is -0.365 e. The number of Topliss-reactive ketones (excluding diaryl/α,β-unsaturated/α-hetero) is 1. The number of piperidine rings is 1. The Labute approximate surface area is 110 Å². The van der Waals surface area contributed by atoms with Gasteiger partial charge in [0, 0.05) is 30.6 Å². The summed E-state index contributed by atoms with van der Waals surface area (Å²) in [6.07, 6.45) is 1.33. The largest absolute Gasteiger partial charge is 0.365 e. The quantitative estimate of drug-likeness (QED) is 0.754. The van der Waals surface area contributed by atoms with E-state index < -0.39 is 0 Å². The van der Waals surface area contributed by atoms with Crippen LogP contribution in [-0.2, 0) is 4.79 Å². The van der Waals surface area contributed by atoms with Crippen molar-refractivity contribution < 1.29 is 4.79 Å². The van der Waals surface area contributed by atoms with Gasteiger partial charge in [-0.25, -0.2) is 0 Å². The van der Waals surface area contributed by atoms with Crippen molar-refractivity contribution in [2.75, 3.05) is 11.4 Å². The summed E-state index contributed by atoms with van der Waals surface area (Å²) in [5.41, 5.74) is 5.18. The molecule has 0 aromatic heterocycles. The van der Waals surface area contributed by atoms with Crippen LogP contribution >= 0.6 is 0 Å². The number of rotatable bonds is 1. The highest BCUT2D eigenvalue weighted by molar-refractivity contribution is 5.83. The second-order valence-electron chi connectivity index (χ2n) is 6.18. The minimum atomic E-state index is -0.0693. The summed E-state index contributed by atoms with van der Waals surface area (Å²) in [6, 6.07) is 4.46. The maximum atomic E-state index is 11.7. The van der Waals surface area contributed by atoms with Gasteiger partial charge in [0.25, 0.3) is 0 Å². The molecule has 0 saturated carbocycles. The van der Waals surface area contributed by atoms with Crippen LogP contribution in [0.15, 0.2) is 12.1 Å². The first-order chi connectivity index (χ1) is 8.31. The van der Waals surface area contributed by atoms with Crippen LogP contribution in [0.25, 0.3) is 0 Å². The summed E-state index contributed by atoms with van der Waals surface area (Å²) < 4.78 is 0. The van der Waals surface area contributed by atoms with E-state index in [1.54, 1.807) is 0 Å². The van der Waals surface area contributed by atoms with Gasteiger partial charge in [0.05, 0.1) is 0 Å². The van der Waals surface area contributed by atoms with E-state index in [4.69, 9.17) is 0 Å². The van der Waals surface area contributed by atoms with Gasteiger partial charge in [0.2, 0.25) is 0 Å². The van der Waals surface area contributed by atoms with Crippen molar-refractivity contribution in [3.05, 3.63) is 28.8 Å². The van der Waals surface area contributed by atoms with E-state index >= 15 is 0 Å². The monoisotopic (exact) mass is 245 g/mol. The molecule has 1 aromatic carbocycles. The van der Waals surface area contributed by atoms with Crippen molar-refractivity contribution in [1.82, 2.24) is 0 Å². The standard InChI is InChI=1S/C16H23NO/c1-11-8-12(2)15(13(3)9-11)17-7-6-14(18)10-16(17,4)5/h8-9H,6-7,10H2,1-5H3. The SMILES string of the molecule is Cc1cc(C)c(N2CCC(=O)CC2(C)C)c(C)c1. The topological polar surface area (TPSA) is 20.3 Å². The number of ketones is 1. The summed E-state index contributed by atoms with van der Waals surface area (Å²) in [5, 5.41) is 0. The van der Waals surface area contributed by atoms with Crippen LogP contribution in [0, 0.1) is 20.8 Å². The van der Waals surface area contributed by atoms with Crippen LogP contribution < -0.4 is 4.90 Å². The van der Waals surface area contributed by atoms with Crippen molar-refractivity contribution in [3.63, 3.8) is 0 Å². The molecule has 98 valence electrons. The molecule has 0 bridgehead atoms. The zero-order valence-corrected chi connectivity index (χ0v) is 12.1. The van der Waals surface area contributed by atoms with Gasteiger partial charge in [0.1, 0.15) is 5.78 Å². The summed E-state index contributed by atoms with van der Waals surface area (Å²) >= 11 is 0. The number of carbonyl (C=O) groups is 1. The first-order valence-electron chi connectivity index (χ1n) is 6.68. The molecule has 2 nitrogen and oxygen atoms in total. The zero-order valence-electron chi connectivity index (χ0n) is 12.1. The van der Waals surface area contributed by atoms with E-state index in [-0.39, 0.29) is 5.54 Å². The van der Waals surface area contributed by atoms with Crippen LogP contribution in [0.5, 0.6) is 0 Å². The Hall–Kier alpha value is -1.31. The average Bonchev–Trinajstić information content (AvgIpc) is 2.18. The zero-order chi connectivity index (χ0) is 13.5. The number of nitrogens with zero attached hydrogens (tertiary/aromatic N) is 1. The third-order valence-corrected chi connectivity index (χ3v) is 3.88. The fourth-order valence-corrected chi connectivity index (χ4v) is 3.22. The van der Waals surface area contributed by atoms with E-state index in [2.05, 4.69) is 51.7 Å². The molecule has 1 saturated heterocycles. The van der Waals surface area contributed by atoms with Gasteiger partial charge in [-0.15, -0.1) is 0 Å². The lowest BCUT2D eigenvalue weighted by Crippen LogP contribution is -2.51. The molecular formula is C16H23NO. The lowest BCUT2D eigenvalue weighted by Gasteiger charge is -2.45. The Morgan fingerprint density at radius 3 is 2.17 bits per heavy atom. The third-order valence-electron chi connectivity index (χ3n) is 3.88. The highest BCUT2D eigenvalue weighted by atomic mass is 16.1. The predicted octanol–water partition coefficient (Wildman–Crippen LogP) is 3.56. The van der Waals surface area contributed by atoms with Gasteiger partial charge in [0.15, 0.2) is 0 Å². The van der Waals surface area contributed by atoms with Crippen LogP contribution in [0.3, 0.4) is 0 Å². The number of carbonyl (C=O) groups excluding carboxylic acids is 1. The van der Waals surface area contributed by atoms with Crippen molar-refractivity contribution in [3.8, 4) is 0 Å². The van der Waals surface area contributed by atoms with E-state index in [9.17, 15) is 4.79 Å². The van der Waals surface area contributed by atoms with Crippen LogP contribution in [-0.4, -0.2) is 17.9 Å². The molecule has 0 aliphatic carbocycles. The van der Waals surface area contributed by atoms with Crippen LogP contribution in [0.2, 0.25) is 0 Å². The summed E-state index contributed by atoms with van der Waals surface area (Å²) in [5.74, 6) is 0.388. The molecule has 18 heavy (non-hydrogen) atoms. The summed E-state index contributed by atoms with van der Waals surface area (Å²) in [7, 11) is 0. The number of hydrogen-bond acceptors (Lipinski definition) is 2. The molecule has 0 radical (unpaired) electrons. The Kier molecular flexibility index (Phi) is 3.22. The van der Waals surface area contributed by atoms with Gasteiger partial charge in [-0.2, -0.15) is 0 Å². The number of aryl methyl sites for hydroxylation is 3. The molecule has 1 fully saturated rings. The second kappa shape index (κ2) is 4.42. The van der Waals surface area contributed by atoms with Crippen LogP contribution in [0.4, 0.5) is 5.69 Å². The predicted molar refractivity (Wildman–Crippen MR) is 76.3 cm³/mol. The number of benzene rings is 1. The molecule has 1 aromatic rings. The van der Waals surface area contributed by atoms with Crippen molar-refractivity contribution >= 4 is 11.5 Å². The molecule has 0 amide bonds. The molecule has 1 heterocycles. The molecular weight excluding hydrogens is 222 g/mol. The number of hydrogen-bond donors (Lipinski definition) is 0. The fraction of sp³-hybridized carbons (Fsp3) is 0.562. The van der Waals surface area contributed by atoms with Crippen molar-refractivity contribution in [1.29, 1.82) is 0 Å². The summed E-state index contributed by atoms with van der Waals surface area (Å²) in [6.45, 7) is 11.7. The first-order valence-corrected chi connectivity index (χ1v) is 6.68. The number of anilines is 1. The lowest BCUT2D eigenvalue weighted by atomic mass is 9.87. The maximum absolute atomic E-state index is 11.7. The average molecular weight is 245 g/mol. The molecule has 1 aliphatic heterocycles. The highest BCUT2D eigenvalue weighted by Crippen LogP contribution is 2.35. The molecule has 0 N–H and O–H groups in total. The Bertz CT molecular complexity index is 465. The van der Waals surface area contributed by atoms with Gasteiger partial charge < -0.3 is 4.90 Å². The maximum Gasteiger partial charge on any atom is 0.136 e. The van der Waals surface area contributed by atoms with E-state index in [0.717, 1.165) is 6.54 Å². The van der Waals surface area contributed by atoms with Gasteiger partial charge in [-0.3, -0.25) is 4.79 Å². The molecule has 0 spiro atoms. The van der Waals surface area contributed by atoms with Crippen LogP contribution in [0.1, 0.15) is 43.4 Å². The Balaban J connectivity index is 2.46. The minimum absolute atomic E-state index is 0.0693. The van der Waals surface area contributed by atoms with Gasteiger partial charge in [-0.1, -0.05) is 17.7 Å². The van der Waals surface area contributed by atoms with Gasteiger partial charge in [-0.05, 0) is 45.7 Å². The molecule has 0 unspecified atom stereocenters. The Morgan fingerprint density at radius 2 is 1.67 bits per heavy atom. The van der Waals surface area contributed by atoms with Crippen molar-refractivity contribution in [2.45, 2.75) is 53.0 Å². The molecule has 1 aliphatic rings. The second-order valence-corrected chi connectivity index (χ2v) is 6.18. The Morgan fingerprint density at radius 1 is 1.11 bits per heavy atom. The molecule has 0 atom stereocenters. The van der Waals surface area contributed by atoms with E-state index in [1.165, 1.54) is 22.4 Å². The van der Waals surface area contributed by atoms with Crippen molar-refractivity contribution in [2.24, 2.45) is 0 Å².